The van der Waals surface area contributed by atoms with Crippen LogP contribution in [0.3, 0.4) is 0 Å². The Hall–Kier alpha value is -0.800. The topological polar surface area (TPSA) is 48.0 Å². The van der Waals surface area contributed by atoms with Crippen molar-refractivity contribution in [3.8, 4) is 0 Å². The third-order valence-corrected chi connectivity index (χ3v) is 1.81. The van der Waals surface area contributed by atoms with E-state index in [2.05, 4.69) is 16.4 Å². The number of hydrogen-bond donors (Lipinski definition) is 3. The molecule has 0 aliphatic heterocycles. The molecule has 3 heteroatoms. The second kappa shape index (κ2) is 4.44. The summed E-state index contributed by atoms with van der Waals surface area (Å²) in [6.45, 7) is 5.14. The van der Waals surface area contributed by atoms with Crippen LogP contribution in [0.15, 0.2) is 18.5 Å². The van der Waals surface area contributed by atoms with Crippen molar-refractivity contribution in [2.45, 2.75) is 25.9 Å². The molecule has 0 bridgehead atoms. The Kier molecular flexibility index (Phi) is 3.51. The monoisotopic (exact) mass is 182 g/mol. The summed E-state index contributed by atoms with van der Waals surface area (Å²) in [6, 6.07) is 2.06. The van der Waals surface area contributed by atoms with Crippen LogP contribution >= 0.6 is 0 Å². The lowest BCUT2D eigenvalue weighted by molar-refractivity contribution is 0.0801. The molecule has 0 saturated heterocycles. The van der Waals surface area contributed by atoms with Crippen molar-refractivity contribution >= 4 is 0 Å². The third-order valence-electron chi connectivity index (χ3n) is 1.81. The smallest absolute Gasteiger partial charge is 0.0715 e. The van der Waals surface area contributed by atoms with Crippen molar-refractivity contribution < 1.29 is 5.11 Å². The molecule has 0 atom stereocenters. The Labute approximate surface area is 79.2 Å². The van der Waals surface area contributed by atoms with Gasteiger partial charge in [-0.25, -0.2) is 0 Å². The first-order chi connectivity index (χ1) is 6.08. The quantitative estimate of drug-likeness (QED) is 0.593. The van der Waals surface area contributed by atoms with Gasteiger partial charge in [0.15, 0.2) is 0 Å². The van der Waals surface area contributed by atoms with Crippen LogP contribution in [-0.4, -0.2) is 28.8 Å². The molecule has 0 fully saturated rings. The van der Waals surface area contributed by atoms with Gasteiger partial charge in [0.25, 0.3) is 0 Å². The maximum absolute atomic E-state index is 9.41. The zero-order chi connectivity index (χ0) is 9.73. The van der Waals surface area contributed by atoms with Crippen LogP contribution in [0, 0.1) is 0 Å². The Morgan fingerprint density at radius 3 is 2.85 bits per heavy atom. The van der Waals surface area contributed by atoms with E-state index in [1.165, 1.54) is 5.56 Å². The van der Waals surface area contributed by atoms with Gasteiger partial charge >= 0.3 is 0 Å². The van der Waals surface area contributed by atoms with Crippen molar-refractivity contribution in [2.75, 3.05) is 13.1 Å². The molecule has 13 heavy (non-hydrogen) atoms. The number of aliphatic hydroxyl groups is 1. The first kappa shape index (κ1) is 10.3. The highest BCUT2D eigenvalue weighted by atomic mass is 16.3. The number of H-pyrrole nitrogens is 1. The summed E-state index contributed by atoms with van der Waals surface area (Å²) < 4.78 is 0. The summed E-state index contributed by atoms with van der Waals surface area (Å²) in [6.07, 6.45) is 4.91. The first-order valence-electron chi connectivity index (χ1n) is 4.63. The maximum atomic E-state index is 9.41. The van der Waals surface area contributed by atoms with Crippen molar-refractivity contribution in [2.24, 2.45) is 0 Å². The minimum absolute atomic E-state index is 0.613. The van der Waals surface area contributed by atoms with E-state index in [0.29, 0.717) is 6.54 Å². The lowest BCUT2D eigenvalue weighted by Crippen LogP contribution is -2.35. The Morgan fingerprint density at radius 1 is 1.54 bits per heavy atom. The fraction of sp³-hybridized carbons (Fsp3) is 0.600. The third kappa shape index (κ3) is 4.70. The molecule has 1 aromatic heterocycles. The summed E-state index contributed by atoms with van der Waals surface area (Å²) in [5.74, 6) is 0. The van der Waals surface area contributed by atoms with Crippen LogP contribution in [0.1, 0.15) is 19.4 Å². The molecule has 0 aliphatic rings. The molecule has 3 N–H and O–H groups in total. The molecule has 0 amide bonds. The standard InChI is InChI=1S/C10H18N2O/c1-10(2,13)8-12-6-4-9-3-5-11-7-9/h3,5,7,11-13H,4,6,8H2,1-2H3. The highest BCUT2D eigenvalue weighted by molar-refractivity contribution is 5.08. The van der Waals surface area contributed by atoms with Crippen LogP contribution in [0.4, 0.5) is 0 Å². The molecule has 1 rings (SSSR count). The Bertz CT molecular complexity index is 224. The van der Waals surface area contributed by atoms with E-state index in [-0.39, 0.29) is 0 Å². The van der Waals surface area contributed by atoms with E-state index >= 15 is 0 Å². The van der Waals surface area contributed by atoms with Gasteiger partial charge in [0, 0.05) is 18.9 Å². The molecular weight excluding hydrogens is 164 g/mol. The average Bonchev–Trinajstić information content (AvgIpc) is 2.48. The van der Waals surface area contributed by atoms with Crippen LogP contribution in [0.2, 0.25) is 0 Å². The molecule has 74 valence electrons. The van der Waals surface area contributed by atoms with Gasteiger partial charge in [-0.1, -0.05) is 0 Å². The molecular formula is C10H18N2O. The largest absolute Gasteiger partial charge is 0.389 e. The molecule has 1 aromatic rings. The van der Waals surface area contributed by atoms with Gasteiger partial charge < -0.3 is 15.4 Å². The minimum Gasteiger partial charge on any atom is -0.389 e. The minimum atomic E-state index is -0.613. The average molecular weight is 182 g/mol. The van der Waals surface area contributed by atoms with Gasteiger partial charge in [0.1, 0.15) is 0 Å². The summed E-state index contributed by atoms with van der Waals surface area (Å²) in [4.78, 5) is 3.01. The van der Waals surface area contributed by atoms with Crippen LogP contribution in [0.25, 0.3) is 0 Å². The molecule has 0 aromatic carbocycles. The lowest BCUT2D eigenvalue weighted by Gasteiger charge is -2.17. The highest BCUT2D eigenvalue weighted by Gasteiger charge is 2.10. The van der Waals surface area contributed by atoms with E-state index in [9.17, 15) is 5.11 Å². The summed E-state index contributed by atoms with van der Waals surface area (Å²) in [5.41, 5.74) is 0.682. The maximum Gasteiger partial charge on any atom is 0.0715 e. The predicted molar refractivity (Wildman–Crippen MR) is 53.7 cm³/mol. The lowest BCUT2D eigenvalue weighted by atomic mass is 10.1. The predicted octanol–water partition coefficient (Wildman–Crippen LogP) is 0.918. The fourth-order valence-electron chi connectivity index (χ4n) is 1.14. The van der Waals surface area contributed by atoms with E-state index < -0.39 is 5.60 Å². The zero-order valence-electron chi connectivity index (χ0n) is 8.30. The van der Waals surface area contributed by atoms with Crippen LogP contribution in [0.5, 0.6) is 0 Å². The molecule has 0 unspecified atom stereocenters. The fourth-order valence-corrected chi connectivity index (χ4v) is 1.14. The number of nitrogens with one attached hydrogen (secondary N) is 2. The van der Waals surface area contributed by atoms with E-state index in [1.54, 1.807) is 13.8 Å². The first-order valence-corrected chi connectivity index (χ1v) is 4.63. The van der Waals surface area contributed by atoms with Gasteiger partial charge in [0.2, 0.25) is 0 Å². The summed E-state index contributed by atoms with van der Waals surface area (Å²) in [5, 5.41) is 12.6. The molecule has 0 radical (unpaired) electrons. The highest BCUT2D eigenvalue weighted by Crippen LogP contribution is 1.99. The van der Waals surface area contributed by atoms with E-state index in [0.717, 1.165) is 13.0 Å². The van der Waals surface area contributed by atoms with Gasteiger partial charge in [-0.3, -0.25) is 0 Å². The number of aromatic amines is 1. The van der Waals surface area contributed by atoms with Crippen molar-refractivity contribution in [3.05, 3.63) is 24.0 Å². The Balaban J connectivity index is 2.09. The summed E-state index contributed by atoms with van der Waals surface area (Å²) in [7, 11) is 0. The zero-order valence-corrected chi connectivity index (χ0v) is 8.30. The molecule has 0 spiro atoms. The summed E-state index contributed by atoms with van der Waals surface area (Å²) >= 11 is 0. The number of aromatic nitrogens is 1. The van der Waals surface area contributed by atoms with Crippen molar-refractivity contribution in [1.29, 1.82) is 0 Å². The number of hydrogen-bond acceptors (Lipinski definition) is 2. The second-order valence-electron chi connectivity index (χ2n) is 3.96. The molecule has 1 heterocycles. The van der Waals surface area contributed by atoms with Gasteiger partial charge in [-0.15, -0.1) is 0 Å². The van der Waals surface area contributed by atoms with Gasteiger partial charge in [0.05, 0.1) is 5.60 Å². The van der Waals surface area contributed by atoms with Gasteiger partial charge in [-0.05, 0) is 38.4 Å². The van der Waals surface area contributed by atoms with Crippen LogP contribution in [-0.2, 0) is 6.42 Å². The van der Waals surface area contributed by atoms with Crippen molar-refractivity contribution in [1.82, 2.24) is 10.3 Å². The molecule has 3 nitrogen and oxygen atoms in total. The van der Waals surface area contributed by atoms with E-state index in [4.69, 9.17) is 0 Å². The van der Waals surface area contributed by atoms with Crippen molar-refractivity contribution in [3.63, 3.8) is 0 Å². The Morgan fingerprint density at radius 2 is 2.31 bits per heavy atom. The SMILES string of the molecule is CC(C)(O)CNCCc1cc[nH]c1. The molecule has 0 aliphatic carbocycles. The molecule has 0 saturated carbocycles. The van der Waals surface area contributed by atoms with E-state index in [1.807, 2.05) is 12.4 Å². The van der Waals surface area contributed by atoms with Crippen LogP contribution < -0.4 is 5.32 Å². The normalized spacial score (nSPS) is 11.9. The number of rotatable bonds is 5. The second-order valence-corrected chi connectivity index (χ2v) is 3.96. The van der Waals surface area contributed by atoms with Gasteiger partial charge in [-0.2, -0.15) is 0 Å².